The molecule has 0 saturated carbocycles. The SMILES string of the molecule is COC(=O)C1Cc2cc(Nc3ncc(F)c(Nc4cccc(C(F)(F)F)c4)n3)ccc2O1. The number of halogens is 4. The topological polar surface area (TPSA) is 85.4 Å². The van der Waals surface area contributed by atoms with Gasteiger partial charge in [0.2, 0.25) is 5.95 Å². The molecule has 11 heteroatoms. The number of hydrogen-bond donors (Lipinski definition) is 2. The second-order valence-corrected chi connectivity index (χ2v) is 6.87. The predicted molar refractivity (Wildman–Crippen MR) is 107 cm³/mol. The summed E-state index contributed by atoms with van der Waals surface area (Å²) >= 11 is 0. The standard InChI is InChI=1S/C21H16F4N4O3/c1-31-19(30)17-8-11-7-14(5-6-16(11)32-17)28-20-26-10-15(22)18(29-20)27-13-4-2-3-12(9-13)21(23,24)25/h2-7,9-10,17H,8H2,1H3,(H2,26,27,28,29). The molecular weight excluding hydrogens is 432 g/mol. The lowest BCUT2D eigenvalue weighted by molar-refractivity contribution is -0.147. The van der Waals surface area contributed by atoms with Gasteiger partial charge in [0.25, 0.3) is 0 Å². The quantitative estimate of drug-likeness (QED) is 0.436. The molecule has 1 atom stereocenters. The van der Waals surface area contributed by atoms with Gasteiger partial charge < -0.3 is 20.1 Å². The molecular formula is C21H16F4N4O3. The van der Waals surface area contributed by atoms with E-state index < -0.39 is 29.6 Å². The third-order valence-corrected chi connectivity index (χ3v) is 4.65. The van der Waals surface area contributed by atoms with E-state index in [-0.39, 0.29) is 17.5 Å². The molecule has 3 aromatic rings. The second-order valence-electron chi connectivity index (χ2n) is 6.87. The normalized spacial score (nSPS) is 15.0. The van der Waals surface area contributed by atoms with Gasteiger partial charge in [-0.1, -0.05) is 6.07 Å². The molecule has 2 N–H and O–H groups in total. The average molecular weight is 448 g/mol. The van der Waals surface area contributed by atoms with Crippen molar-refractivity contribution in [2.75, 3.05) is 17.7 Å². The highest BCUT2D eigenvalue weighted by Gasteiger charge is 2.31. The molecule has 0 fully saturated rings. The van der Waals surface area contributed by atoms with Crippen molar-refractivity contribution in [3.63, 3.8) is 0 Å². The van der Waals surface area contributed by atoms with Gasteiger partial charge in [0, 0.05) is 23.4 Å². The highest BCUT2D eigenvalue weighted by Crippen LogP contribution is 2.33. The fourth-order valence-electron chi connectivity index (χ4n) is 3.14. The maximum Gasteiger partial charge on any atom is 0.416 e. The van der Waals surface area contributed by atoms with E-state index in [9.17, 15) is 22.4 Å². The molecule has 0 bridgehead atoms. The van der Waals surface area contributed by atoms with Crippen LogP contribution in [0.3, 0.4) is 0 Å². The Bertz CT molecular complexity index is 1170. The summed E-state index contributed by atoms with van der Waals surface area (Å²) in [6.45, 7) is 0. The minimum absolute atomic E-state index is 0.0178. The van der Waals surface area contributed by atoms with E-state index in [2.05, 4.69) is 25.3 Å². The summed E-state index contributed by atoms with van der Waals surface area (Å²) < 4.78 is 63.1. The number of nitrogens with one attached hydrogen (secondary N) is 2. The van der Waals surface area contributed by atoms with Crippen molar-refractivity contribution >= 4 is 29.1 Å². The van der Waals surface area contributed by atoms with Crippen molar-refractivity contribution in [1.82, 2.24) is 9.97 Å². The molecule has 32 heavy (non-hydrogen) atoms. The predicted octanol–water partition coefficient (Wildman–Crippen LogP) is 4.60. The lowest BCUT2D eigenvalue weighted by Crippen LogP contribution is -2.26. The van der Waals surface area contributed by atoms with Gasteiger partial charge in [-0.3, -0.25) is 0 Å². The number of rotatable bonds is 5. The summed E-state index contributed by atoms with van der Waals surface area (Å²) in [4.78, 5) is 19.5. The molecule has 2 heterocycles. The number of carbonyl (C=O) groups is 1. The Morgan fingerprint density at radius 2 is 1.94 bits per heavy atom. The first-order valence-corrected chi connectivity index (χ1v) is 9.34. The van der Waals surface area contributed by atoms with Crippen molar-refractivity contribution in [3.8, 4) is 5.75 Å². The molecule has 2 aromatic carbocycles. The van der Waals surface area contributed by atoms with Gasteiger partial charge in [-0.05, 0) is 36.4 Å². The number of ether oxygens (including phenoxy) is 2. The first-order chi connectivity index (χ1) is 15.2. The fourth-order valence-corrected chi connectivity index (χ4v) is 3.14. The molecule has 0 aliphatic carbocycles. The van der Waals surface area contributed by atoms with Crippen molar-refractivity contribution in [2.24, 2.45) is 0 Å². The van der Waals surface area contributed by atoms with Crippen molar-refractivity contribution in [2.45, 2.75) is 18.7 Å². The minimum atomic E-state index is -4.53. The minimum Gasteiger partial charge on any atom is -0.478 e. The average Bonchev–Trinajstić information content (AvgIpc) is 3.18. The van der Waals surface area contributed by atoms with Crippen LogP contribution in [0.5, 0.6) is 5.75 Å². The summed E-state index contributed by atoms with van der Waals surface area (Å²) in [6, 6.07) is 9.38. The highest BCUT2D eigenvalue weighted by atomic mass is 19.4. The zero-order valence-electron chi connectivity index (χ0n) is 16.5. The Hall–Kier alpha value is -3.89. The van der Waals surface area contributed by atoms with Gasteiger partial charge in [0.05, 0.1) is 18.9 Å². The van der Waals surface area contributed by atoms with Crippen LogP contribution in [0.2, 0.25) is 0 Å². The molecule has 1 unspecified atom stereocenters. The van der Waals surface area contributed by atoms with Crippen molar-refractivity contribution in [3.05, 3.63) is 65.6 Å². The Balaban J connectivity index is 1.52. The van der Waals surface area contributed by atoms with Crippen LogP contribution in [-0.4, -0.2) is 29.2 Å². The molecule has 0 spiro atoms. The Kier molecular flexibility index (Phi) is 5.56. The van der Waals surface area contributed by atoms with Gasteiger partial charge in [-0.2, -0.15) is 18.2 Å². The molecule has 1 aliphatic rings. The number of fused-ring (bicyclic) bond motifs is 1. The smallest absolute Gasteiger partial charge is 0.416 e. The van der Waals surface area contributed by atoms with Crippen LogP contribution in [-0.2, 0) is 22.1 Å². The number of hydrogen-bond acceptors (Lipinski definition) is 7. The van der Waals surface area contributed by atoms with E-state index in [0.29, 0.717) is 17.9 Å². The van der Waals surface area contributed by atoms with E-state index in [1.807, 2.05) is 0 Å². The molecule has 7 nitrogen and oxygen atoms in total. The van der Waals surface area contributed by atoms with Gasteiger partial charge in [0.15, 0.2) is 17.7 Å². The maximum atomic E-state index is 14.2. The number of carbonyl (C=O) groups excluding carboxylic acids is 1. The van der Waals surface area contributed by atoms with E-state index in [0.717, 1.165) is 23.9 Å². The summed E-state index contributed by atoms with van der Waals surface area (Å²) in [7, 11) is 1.28. The van der Waals surface area contributed by atoms with E-state index >= 15 is 0 Å². The van der Waals surface area contributed by atoms with Gasteiger partial charge in [0.1, 0.15) is 5.75 Å². The van der Waals surface area contributed by atoms with Crippen LogP contribution < -0.4 is 15.4 Å². The largest absolute Gasteiger partial charge is 0.478 e. The van der Waals surface area contributed by atoms with Crippen LogP contribution >= 0.6 is 0 Å². The number of aromatic nitrogens is 2. The first-order valence-electron chi connectivity index (χ1n) is 9.34. The summed E-state index contributed by atoms with van der Waals surface area (Å²) in [5.74, 6) is -1.06. The van der Waals surface area contributed by atoms with E-state index in [1.54, 1.807) is 18.2 Å². The zero-order chi connectivity index (χ0) is 22.9. The Labute approximate surface area is 179 Å². The number of methoxy groups -OCH3 is 1. The zero-order valence-corrected chi connectivity index (χ0v) is 16.5. The van der Waals surface area contributed by atoms with Crippen molar-refractivity contribution in [1.29, 1.82) is 0 Å². The third-order valence-electron chi connectivity index (χ3n) is 4.65. The van der Waals surface area contributed by atoms with Crippen LogP contribution in [0.15, 0.2) is 48.7 Å². The molecule has 1 aromatic heterocycles. The molecule has 0 amide bonds. The molecule has 4 rings (SSSR count). The summed E-state index contributed by atoms with van der Waals surface area (Å²) in [5.41, 5.74) is 0.456. The molecule has 0 saturated heterocycles. The first kappa shape index (κ1) is 21.3. The van der Waals surface area contributed by atoms with Gasteiger partial charge in [-0.25, -0.2) is 14.2 Å². The van der Waals surface area contributed by atoms with E-state index in [4.69, 9.17) is 4.74 Å². The van der Waals surface area contributed by atoms with Crippen LogP contribution in [0.1, 0.15) is 11.1 Å². The van der Waals surface area contributed by atoms with Crippen molar-refractivity contribution < 1.29 is 31.8 Å². The number of nitrogens with zero attached hydrogens (tertiary/aromatic N) is 2. The Morgan fingerprint density at radius 3 is 2.69 bits per heavy atom. The maximum absolute atomic E-state index is 14.2. The monoisotopic (exact) mass is 448 g/mol. The molecule has 1 aliphatic heterocycles. The summed E-state index contributed by atoms with van der Waals surface area (Å²) in [6.07, 6.45) is -4.03. The van der Waals surface area contributed by atoms with Gasteiger partial charge in [-0.15, -0.1) is 0 Å². The Morgan fingerprint density at radius 1 is 1.16 bits per heavy atom. The number of benzene rings is 2. The molecule has 166 valence electrons. The van der Waals surface area contributed by atoms with Crippen LogP contribution in [0.4, 0.5) is 40.7 Å². The lowest BCUT2D eigenvalue weighted by atomic mass is 10.1. The van der Waals surface area contributed by atoms with Crippen LogP contribution in [0, 0.1) is 5.82 Å². The second kappa shape index (κ2) is 8.33. The fraction of sp³-hybridized carbons (Fsp3) is 0.190. The van der Waals surface area contributed by atoms with E-state index in [1.165, 1.54) is 19.2 Å². The lowest BCUT2D eigenvalue weighted by Gasteiger charge is -2.12. The number of anilines is 4. The van der Waals surface area contributed by atoms with Gasteiger partial charge >= 0.3 is 12.1 Å². The highest BCUT2D eigenvalue weighted by molar-refractivity contribution is 5.77. The third kappa shape index (κ3) is 4.56. The van der Waals surface area contributed by atoms with Crippen LogP contribution in [0.25, 0.3) is 0 Å². The number of alkyl halides is 3. The summed E-state index contributed by atoms with van der Waals surface area (Å²) in [5, 5.41) is 5.44. The molecule has 0 radical (unpaired) electrons. The number of esters is 1.